The van der Waals surface area contributed by atoms with Crippen LogP contribution in [0.1, 0.15) is 15.2 Å². The maximum absolute atomic E-state index is 12.6. The molecule has 0 spiro atoms. The monoisotopic (exact) mass is 351 g/mol. The smallest absolute Gasteiger partial charge is 0.267 e. The molecule has 4 aromatic rings. The Labute approximate surface area is 148 Å². The van der Waals surface area contributed by atoms with Crippen molar-refractivity contribution in [2.75, 3.05) is 5.32 Å². The Kier molecular flexibility index (Phi) is 3.75. The first-order valence-electron chi connectivity index (χ1n) is 7.61. The Bertz CT molecular complexity index is 1070. The zero-order valence-electron chi connectivity index (χ0n) is 13.0. The number of hydrogen-bond acceptors (Lipinski definition) is 2. The van der Waals surface area contributed by atoms with Crippen molar-refractivity contribution in [1.29, 1.82) is 0 Å². The van der Waals surface area contributed by atoms with E-state index >= 15 is 0 Å². The third-order valence-corrected chi connectivity index (χ3v) is 5.68. The van der Waals surface area contributed by atoms with Crippen molar-refractivity contribution in [2.24, 2.45) is 0 Å². The molecule has 4 rings (SSSR count). The third-order valence-electron chi connectivity index (χ3n) is 4.04. The van der Waals surface area contributed by atoms with Crippen LogP contribution in [0.5, 0.6) is 0 Å². The van der Waals surface area contributed by atoms with E-state index in [1.165, 1.54) is 11.3 Å². The zero-order chi connectivity index (χ0) is 16.7. The molecule has 0 aliphatic rings. The van der Waals surface area contributed by atoms with Crippen molar-refractivity contribution >= 4 is 55.4 Å². The van der Waals surface area contributed by atoms with E-state index in [4.69, 9.17) is 11.6 Å². The van der Waals surface area contributed by atoms with Crippen LogP contribution < -0.4 is 5.32 Å². The van der Waals surface area contributed by atoms with E-state index in [0.717, 1.165) is 32.1 Å². The molecule has 3 aromatic carbocycles. The minimum atomic E-state index is -0.172. The largest absolute Gasteiger partial charge is 0.321 e. The summed E-state index contributed by atoms with van der Waals surface area (Å²) >= 11 is 8.00. The second-order valence-corrected chi connectivity index (χ2v) is 7.16. The van der Waals surface area contributed by atoms with Gasteiger partial charge in [-0.25, -0.2) is 0 Å². The molecule has 0 aliphatic carbocycles. The van der Waals surface area contributed by atoms with Gasteiger partial charge in [-0.05, 0) is 35.9 Å². The van der Waals surface area contributed by atoms with Crippen molar-refractivity contribution in [2.45, 2.75) is 6.92 Å². The van der Waals surface area contributed by atoms with E-state index in [2.05, 4.69) is 17.4 Å². The van der Waals surface area contributed by atoms with Gasteiger partial charge in [-0.2, -0.15) is 0 Å². The van der Waals surface area contributed by atoms with E-state index in [9.17, 15) is 4.79 Å². The Morgan fingerprint density at radius 1 is 1.00 bits per heavy atom. The molecule has 0 radical (unpaired) electrons. The second kappa shape index (κ2) is 5.93. The Hall–Kier alpha value is -2.36. The van der Waals surface area contributed by atoms with Crippen LogP contribution in [0.2, 0.25) is 5.02 Å². The molecular formula is C20H14ClNOS. The first kappa shape index (κ1) is 15.2. The number of carbonyl (C=O) groups excluding carboxylic acids is 1. The van der Waals surface area contributed by atoms with Gasteiger partial charge in [-0.15, -0.1) is 11.3 Å². The first-order valence-corrected chi connectivity index (χ1v) is 8.81. The topological polar surface area (TPSA) is 29.1 Å². The zero-order valence-corrected chi connectivity index (χ0v) is 14.5. The van der Waals surface area contributed by atoms with Gasteiger partial charge < -0.3 is 5.32 Å². The van der Waals surface area contributed by atoms with Gasteiger partial charge in [0.25, 0.3) is 5.91 Å². The summed E-state index contributed by atoms with van der Waals surface area (Å²) in [4.78, 5) is 13.2. The maximum Gasteiger partial charge on any atom is 0.267 e. The molecule has 2 nitrogen and oxygen atoms in total. The van der Waals surface area contributed by atoms with Gasteiger partial charge in [0.05, 0.1) is 5.02 Å². The van der Waals surface area contributed by atoms with Crippen LogP contribution in [0.15, 0.2) is 60.7 Å². The molecule has 4 heteroatoms. The van der Waals surface area contributed by atoms with E-state index in [1.807, 2.05) is 55.5 Å². The maximum atomic E-state index is 12.6. The highest BCUT2D eigenvalue weighted by molar-refractivity contribution is 7.22. The Balaban J connectivity index is 1.79. The lowest BCUT2D eigenvalue weighted by Gasteiger charge is -2.04. The number of hydrogen-bond donors (Lipinski definition) is 1. The number of benzene rings is 3. The summed E-state index contributed by atoms with van der Waals surface area (Å²) < 4.78 is 1.02. The van der Waals surface area contributed by atoms with E-state index < -0.39 is 0 Å². The molecule has 1 heterocycles. The number of rotatable bonds is 2. The average Bonchev–Trinajstić information content (AvgIpc) is 2.94. The second-order valence-electron chi connectivity index (χ2n) is 5.73. The molecule has 1 aromatic heterocycles. The normalized spacial score (nSPS) is 11.1. The first-order chi connectivity index (χ1) is 11.6. The highest BCUT2D eigenvalue weighted by Gasteiger charge is 2.18. The molecule has 0 saturated carbocycles. The van der Waals surface area contributed by atoms with Crippen LogP contribution in [-0.4, -0.2) is 5.91 Å². The summed E-state index contributed by atoms with van der Waals surface area (Å²) in [5.74, 6) is -0.172. The van der Waals surface area contributed by atoms with Gasteiger partial charge in [0.2, 0.25) is 0 Å². The fourth-order valence-corrected chi connectivity index (χ4v) is 4.27. The number of nitrogens with one attached hydrogen (secondary N) is 1. The lowest BCUT2D eigenvalue weighted by molar-refractivity contribution is 0.103. The summed E-state index contributed by atoms with van der Waals surface area (Å²) in [7, 11) is 0. The number of anilines is 1. The number of carbonyl (C=O) groups is 1. The number of amides is 1. The quantitative estimate of drug-likeness (QED) is 0.453. The minimum Gasteiger partial charge on any atom is -0.321 e. The molecule has 1 N–H and O–H groups in total. The molecule has 0 fully saturated rings. The number of fused-ring (bicyclic) bond motifs is 3. The van der Waals surface area contributed by atoms with Crippen LogP contribution in [0.4, 0.5) is 5.69 Å². The fourth-order valence-electron chi connectivity index (χ4n) is 2.80. The lowest BCUT2D eigenvalue weighted by atomic mass is 10.1. The third kappa shape index (κ3) is 2.56. The average molecular weight is 352 g/mol. The van der Waals surface area contributed by atoms with Gasteiger partial charge >= 0.3 is 0 Å². The molecule has 0 saturated heterocycles. The molecule has 0 bridgehead atoms. The van der Waals surface area contributed by atoms with Crippen molar-refractivity contribution in [3.63, 3.8) is 0 Å². The number of halogens is 1. The number of aryl methyl sites for hydroxylation is 1. The van der Waals surface area contributed by atoms with Crippen molar-refractivity contribution in [3.05, 3.63) is 76.1 Å². The summed E-state index contributed by atoms with van der Waals surface area (Å²) in [5, 5.41) is 6.59. The Morgan fingerprint density at radius 2 is 1.75 bits per heavy atom. The fraction of sp³-hybridized carbons (Fsp3) is 0.0500. The highest BCUT2D eigenvalue weighted by atomic mass is 35.5. The van der Waals surface area contributed by atoms with E-state index in [1.54, 1.807) is 0 Å². The molecule has 0 aliphatic heterocycles. The van der Waals surface area contributed by atoms with Crippen LogP contribution in [0.3, 0.4) is 0 Å². The summed E-state index contributed by atoms with van der Waals surface area (Å²) in [6, 6.07) is 19.9. The van der Waals surface area contributed by atoms with E-state index in [0.29, 0.717) is 9.90 Å². The highest BCUT2D eigenvalue weighted by Crippen LogP contribution is 2.40. The SMILES string of the molecule is Cc1ccc(NC(=O)c2sc3ccc4ccccc4c3c2Cl)cc1. The van der Waals surface area contributed by atoms with Crippen LogP contribution in [0.25, 0.3) is 20.9 Å². The van der Waals surface area contributed by atoms with Crippen LogP contribution >= 0.6 is 22.9 Å². The molecule has 0 atom stereocenters. The van der Waals surface area contributed by atoms with E-state index in [-0.39, 0.29) is 5.91 Å². The molecule has 24 heavy (non-hydrogen) atoms. The van der Waals surface area contributed by atoms with Crippen molar-refractivity contribution in [1.82, 2.24) is 0 Å². The predicted octanol–water partition coefficient (Wildman–Crippen LogP) is 6.27. The molecule has 1 amide bonds. The van der Waals surface area contributed by atoms with Gasteiger partial charge in [-0.1, -0.05) is 59.6 Å². The molecule has 0 unspecified atom stereocenters. The summed E-state index contributed by atoms with van der Waals surface area (Å²) in [5.41, 5.74) is 1.92. The summed E-state index contributed by atoms with van der Waals surface area (Å²) in [6.07, 6.45) is 0. The summed E-state index contributed by atoms with van der Waals surface area (Å²) in [6.45, 7) is 2.01. The Morgan fingerprint density at radius 3 is 2.54 bits per heavy atom. The van der Waals surface area contributed by atoms with Crippen molar-refractivity contribution in [3.8, 4) is 0 Å². The van der Waals surface area contributed by atoms with Gasteiger partial charge in [-0.3, -0.25) is 4.79 Å². The van der Waals surface area contributed by atoms with Crippen LogP contribution in [-0.2, 0) is 0 Å². The lowest BCUT2D eigenvalue weighted by Crippen LogP contribution is -2.10. The van der Waals surface area contributed by atoms with Crippen molar-refractivity contribution < 1.29 is 4.79 Å². The van der Waals surface area contributed by atoms with Gasteiger partial charge in [0, 0.05) is 15.8 Å². The molecule has 118 valence electrons. The van der Waals surface area contributed by atoms with Gasteiger partial charge in [0.15, 0.2) is 0 Å². The predicted molar refractivity (Wildman–Crippen MR) is 103 cm³/mol. The van der Waals surface area contributed by atoms with Gasteiger partial charge in [0.1, 0.15) is 4.88 Å². The minimum absolute atomic E-state index is 0.172. The van der Waals surface area contributed by atoms with Crippen LogP contribution in [0, 0.1) is 6.92 Å². The standard InChI is InChI=1S/C20H14ClNOS/c1-12-6-9-14(10-7-12)22-20(23)19-18(21)17-15-5-3-2-4-13(15)8-11-16(17)24-19/h2-11H,1H3,(H,22,23). The number of thiophene rings is 1. The molecular weight excluding hydrogens is 338 g/mol.